The molecule has 1 saturated carbocycles. The van der Waals surface area contributed by atoms with E-state index in [0.29, 0.717) is 17.4 Å². The van der Waals surface area contributed by atoms with Crippen LogP contribution >= 0.6 is 0 Å². The van der Waals surface area contributed by atoms with Crippen molar-refractivity contribution in [2.45, 2.75) is 45.1 Å². The van der Waals surface area contributed by atoms with Gasteiger partial charge in [-0.1, -0.05) is 19.3 Å². The molecule has 1 heterocycles. The Balaban J connectivity index is 1.78. The maximum Gasteiger partial charge on any atom is 0.330 e. The molecule has 2 rings (SSSR count). The Bertz CT molecular complexity index is 595. The third kappa shape index (κ3) is 6.52. The van der Waals surface area contributed by atoms with Crippen LogP contribution < -0.4 is 10.6 Å². The molecule has 0 saturated heterocycles. The number of nitrogens with one attached hydrogen (secondary N) is 2. The molecule has 1 aromatic rings. The molecule has 2 N–H and O–H groups in total. The van der Waals surface area contributed by atoms with Crippen molar-refractivity contribution in [3.8, 4) is 0 Å². The largest absolute Gasteiger partial charge is 0.466 e. The van der Waals surface area contributed by atoms with Crippen LogP contribution in [0.1, 0.15) is 44.7 Å². The van der Waals surface area contributed by atoms with Gasteiger partial charge in [-0.15, -0.1) is 0 Å². The molecule has 25 heavy (non-hydrogen) atoms. The number of aromatic nitrogens is 2. The summed E-state index contributed by atoms with van der Waals surface area (Å²) in [7, 11) is 1.31. The van der Waals surface area contributed by atoms with Gasteiger partial charge in [0.2, 0.25) is 5.91 Å². The van der Waals surface area contributed by atoms with Crippen molar-refractivity contribution in [3.63, 3.8) is 0 Å². The third-order valence-electron chi connectivity index (χ3n) is 4.31. The smallest absolute Gasteiger partial charge is 0.330 e. The first-order valence-electron chi connectivity index (χ1n) is 8.71. The van der Waals surface area contributed by atoms with Gasteiger partial charge in [0.1, 0.15) is 11.9 Å². The standard InChI is InChI=1S/C18H26N4O3/c1-13(18(24)21-10-14-6-4-3-5-7-14)22-16-12-19-15(11-20-16)8-9-17(23)25-2/h8-9,11-14H,3-7,10H2,1-2H3,(H,20,22)(H,21,24)/b9-8+/t13-/m0/s1. The monoisotopic (exact) mass is 346 g/mol. The summed E-state index contributed by atoms with van der Waals surface area (Å²) in [5, 5.41) is 6.04. The van der Waals surface area contributed by atoms with Crippen LogP contribution in [0.15, 0.2) is 18.5 Å². The summed E-state index contributed by atoms with van der Waals surface area (Å²) >= 11 is 0. The van der Waals surface area contributed by atoms with Crippen molar-refractivity contribution >= 4 is 23.8 Å². The first-order valence-corrected chi connectivity index (χ1v) is 8.71. The molecule has 136 valence electrons. The van der Waals surface area contributed by atoms with Gasteiger partial charge in [-0.3, -0.25) is 9.78 Å². The highest BCUT2D eigenvalue weighted by molar-refractivity contribution is 5.86. The number of carbonyl (C=O) groups is 2. The number of carbonyl (C=O) groups excluding carboxylic acids is 2. The molecule has 0 radical (unpaired) electrons. The highest BCUT2D eigenvalue weighted by Gasteiger charge is 2.17. The second-order valence-corrected chi connectivity index (χ2v) is 6.30. The molecule has 0 spiro atoms. The summed E-state index contributed by atoms with van der Waals surface area (Å²) in [6.45, 7) is 2.54. The molecule has 0 bridgehead atoms. The molecule has 1 atom stereocenters. The zero-order valence-corrected chi connectivity index (χ0v) is 14.8. The fourth-order valence-corrected chi connectivity index (χ4v) is 2.80. The Hall–Kier alpha value is -2.44. The molecule has 1 amide bonds. The van der Waals surface area contributed by atoms with E-state index in [2.05, 4.69) is 25.3 Å². The van der Waals surface area contributed by atoms with Gasteiger partial charge in [-0.05, 0) is 31.8 Å². The lowest BCUT2D eigenvalue weighted by molar-refractivity contribution is -0.134. The molecule has 0 unspecified atom stereocenters. The summed E-state index contributed by atoms with van der Waals surface area (Å²) in [5.41, 5.74) is 0.533. The first kappa shape index (κ1) is 18.9. The van der Waals surface area contributed by atoms with Crippen molar-refractivity contribution in [2.24, 2.45) is 5.92 Å². The van der Waals surface area contributed by atoms with Crippen LogP contribution in [0.3, 0.4) is 0 Å². The predicted molar refractivity (Wildman–Crippen MR) is 95.8 cm³/mol. The van der Waals surface area contributed by atoms with Crippen molar-refractivity contribution in [3.05, 3.63) is 24.2 Å². The number of ether oxygens (including phenoxy) is 1. The highest BCUT2D eigenvalue weighted by Crippen LogP contribution is 2.22. The van der Waals surface area contributed by atoms with E-state index in [0.717, 1.165) is 6.54 Å². The van der Waals surface area contributed by atoms with Gasteiger partial charge < -0.3 is 15.4 Å². The fraction of sp³-hybridized carbons (Fsp3) is 0.556. The van der Waals surface area contributed by atoms with Crippen molar-refractivity contribution in [1.82, 2.24) is 15.3 Å². The molecule has 1 fully saturated rings. The molecule has 1 aliphatic rings. The Morgan fingerprint density at radius 1 is 1.28 bits per heavy atom. The van der Waals surface area contributed by atoms with E-state index in [1.54, 1.807) is 6.92 Å². The van der Waals surface area contributed by atoms with E-state index >= 15 is 0 Å². The van der Waals surface area contributed by atoms with Gasteiger partial charge in [0.05, 0.1) is 25.2 Å². The molecule has 7 nitrogen and oxygen atoms in total. The lowest BCUT2D eigenvalue weighted by Gasteiger charge is -2.23. The maximum absolute atomic E-state index is 12.2. The van der Waals surface area contributed by atoms with E-state index in [1.165, 1.54) is 63.8 Å². The van der Waals surface area contributed by atoms with Gasteiger partial charge >= 0.3 is 5.97 Å². The Kier molecular flexibility index (Phi) is 7.37. The first-order chi connectivity index (χ1) is 12.1. The normalized spacial score (nSPS) is 16.4. The van der Waals surface area contributed by atoms with Crippen LogP contribution in [0, 0.1) is 5.92 Å². The second kappa shape index (κ2) is 9.76. The summed E-state index contributed by atoms with van der Waals surface area (Å²) in [6, 6.07) is -0.394. The minimum atomic E-state index is -0.452. The van der Waals surface area contributed by atoms with Crippen LogP contribution in [0.25, 0.3) is 6.08 Å². The number of methoxy groups -OCH3 is 1. The zero-order chi connectivity index (χ0) is 18.1. The Labute approximate surface area is 148 Å². The van der Waals surface area contributed by atoms with Crippen molar-refractivity contribution < 1.29 is 14.3 Å². The molecule has 0 aliphatic heterocycles. The van der Waals surface area contributed by atoms with Crippen molar-refractivity contribution in [1.29, 1.82) is 0 Å². The van der Waals surface area contributed by atoms with Crippen LogP contribution in [0.5, 0.6) is 0 Å². The number of hydrogen-bond acceptors (Lipinski definition) is 6. The summed E-state index contributed by atoms with van der Waals surface area (Å²) in [4.78, 5) is 31.6. The van der Waals surface area contributed by atoms with Crippen molar-refractivity contribution in [2.75, 3.05) is 19.0 Å². The van der Waals surface area contributed by atoms with E-state index in [1.807, 2.05) is 0 Å². The van der Waals surface area contributed by atoms with E-state index in [-0.39, 0.29) is 5.91 Å². The Morgan fingerprint density at radius 2 is 2.04 bits per heavy atom. The topological polar surface area (TPSA) is 93.2 Å². The second-order valence-electron chi connectivity index (χ2n) is 6.30. The van der Waals surface area contributed by atoms with Crippen LogP contribution in [-0.2, 0) is 14.3 Å². The number of rotatable bonds is 7. The molecular weight excluding hydrogens is 320 g/mol. The lowest BCUT2D eigenvalue weighted by Crippen LogP contribution is -2.40. The fourth-order valence-electron chi connectivity index (χ4n) is 2.80. The minimum Gasteiger partial charge on any atom is -0.466 e. The van der Waals surface area contributed by atoms with Gasteiger partial charge in [0.25, 0.3) is 0 Å². The van der Waals surface area contributed by atoms with E-state index < -0.39 is 12.0 Å². The van der Waals surface area contributed by atoms with E-state index in [9.17, 15) is 9.59 Å². The number of nitrogens with zero attached hydrogens (tertiary/aromatic N) is 2. The van der Waals surface area contributed by atoms with Crippen LogP contribution in [0.2, 0.25) is 0 Å². The van der Waals surface area contributed by atoms with Gasteiger partial charge in [-0.2, -0.15) is 0 Å². The number of amides is 1. The summed E-state index contributed by atoms with van der Waals surface area (Å²) in [5.74, 6) is 0.621. The average molecular weight is 346 g/mol. The molecule has 1 aromatic heterocycles. The molecule has 7 heteroatoms. The quantitative estimate of drug-likeness (QED) is 0.580. The van der Waals surface area contributed by atoms with Gasteiger partial charge in [-0.25, -0.2) is 9.78 Å². The van der Waals surface area contributed by atoms with Crippen LogP contribution in [-0.4, -0.2) is 41.5 Å². The Morgan fingerprint density at radius 3 is 2.68 bits per heavy atom. The predicted octanol–water partition coefficient (Wildman–Crippen LogP) is 2.16. The summed E-state index contributed by atoms with van der Waals surface area (Å²) < 4.78 is 4.51. The highest BCUT2D eigenvalue weighted by atomic mass is 16.5. The number of hydrogen-bond donors (Lipinski definition) is 2. The molecule has 0 aromatic carbocycles. The van der Waals surface area contributed by atoms with Crippen LogP contribution in [0.4, 0.5) is 5.82 Å². The number of esters is 1. The third-order valence-corrected chi connectivity index (χ3v) is 4.31. The molecule has 1 aliphatic carbocycles. The SMILES string of the molecule is COC(=O)/C=C/c1cnc(N[C@@H](C)C(=O)NCC2CCCCC2)cn1. The van der Waals surface area contributed by atoms with E-state index in [4.69, 9.17) is 0 Å². The molecular formula is C18H26N4O3. The average Bonchev–Trinajstić information content (AvgIpc) is 2.66. The van der Waals surface area contributed by atoms with Gasteiger partial charge in [0.15, 0.2) is 0 Å². The number of anilines is 1. The maximum atomic E-state index is 12.2. The lowest BCUT2D eigenvalue weighted by atomic mass is 9.89. The minimum absolute atomic E-state index is 0.0398. The summed E-state index contributed by atoms with van der Waals surface area (Å²) in [6.07, 6.45) is 12.1. The van der Waals surface area contributed by atoms with Gasteiger partial charge in [0, 0.05) is 12.6 Å². The zero-order valence-electron chi connectivity index (χ0n) is 14.8.